The molecule has 0 saturated carbocycles. The summed E-state index contributed by atoms with van der Waals surface area (Å²) in [6.07, 6.45) is 1.66. The van der Waals surface area contributed by atoms with E-state index in [4.69, 9.17) is 10.3 Å². The summed E-state index contributed by atoms with van der Waals surface area (Å²) in [7, 11) is 0. The first-order valence-corrected chi connectivity index (χ1v) is 5.29. The maximum absolute atomic E-state index is 5.59. The summed E-state index contributed by atoms with van der Waals surface area (Å²) in [5, 5.41) is 0. The normalized spacial score (nSPS) is 12.7. The van der Waals surface area contributed by atoms with Gasteiger partial charge in [0.15, 0.2) is 0 Å². The van der Waals surface area contributed by atoms with Crippen LogP contribution in [0.2, 0.25) is 0 Å². The molecule has 0 aliphatic rings. The summed E-state index contributed by atoms with van der Waals surface area (Å²) in [5.74, 6) is 6.42. The van der Waals surface area contributed by atoms with Crippen LogP contribution >= 0.6 is 0 Å². The summed E-state index contributed by atoms with van der Waals surface area (Å²) in [4.78, 5) is 0. The van der Waals surface area contributed by atoms with Gasteiger partial charge in [0.1, 0.15) is 11.8 Å². The molecule has 0 fully saturated rings. The lowest BCUT2D eigenvalue weighted by molar-refractivity contribution is 0.451. The third kappa shape index (κ3) is 2.01. The third-order valence-corrected chi connectivity index (χ3v) is 2.73. The highest BCUT2D eigenvalue weighted by Crippen LogP contribution is 2.25. The number of benzene rings is 1. The van der Waals surface area contributed by atoms with Crippen molar-refractivity contribution in [1.29, 1.82) is 0 Å². The molecule has 0 aliphatic carbocycles. The molecule has 0 bridgehead atoms. The Kier molecular flexibility index (Phi) is 3.08. The summed E-state index contributed by atoms with van der Waals surface area (Å²) >= 11 is 0. The van der Waals surface area contributed by atoms with Gasteiger partial charge in [0.05, 0.1) is 6.26 Å². The summed E-state index contributed by atoms with van der Waals surface area (Å²) in [6.45, 7) is 4.16. The highest BCUT2D eigenvalue weighted by molar-refractivity contribution is 5.36. The first kappa shape index (κ1) is 10.9. The molecule has 1 unspecified atom stereocenters. The molecular formula is C13H16N2O. The second-order valence-corrected chi connectivity index (χ2v) is 3.98. The van der Waals surface area contributed by atoms with Gasteiger partial charge in [0, 0.05) is 0 Å². The Bertz CT molecular complexity index is 463. The molecule has 0 aliphatic heterocycles. The average Bonchev–Trinajstić information content (AvgIpc) is 2.75. The van der Waals surface area contributed by atoms with E-state index in [1.54, 1.807) is 6.26 Å². The highest BCUT2D eigenvalue weighted by atomic mass is 16.3. The zero-order valence-corrected chi connectivity index (χ0v) is 9.53. The minimum Gasteiger partial charge on any atom is -0.467 e. The minimum absolute atomic E-state index is 0.0874. The maximum Gasteiger partial charge on any atom is 0.126 e. The summed E-state index contributed by atoms with van der Waals surface area (Å²) in [5.41, 5.74) is 6.38. The van der Waals surface area contributed by atoms with Crippen molar-refractivity contribution >= 4 is 0 Å². The van der Waals surface area contributed by atoms with E-state index in [1.807, 2.05) is 12.1 Å². The lowest BCUT2D eigenvalue weighted by Gasteiger charge is -2.16. The zero-order valence-electron chi connectivity index (χ0n) is 9.53. The molecule has 2 rings (SSSR count). The summed E-state index contributed by atoms with van der Waals surface area (Å²) in [6, 6.07) is 10.00. The molecule has 0 saturated heterocycles. The number of rotatable bonds is 3. The van der Waals surface area contributed by atoms with Crippen LogP contribution in [0.5, 0.6) is 0 Å². The average molecular weight is 216 g/mol. The fourth-order valence-corrected chi connectivity index (χ4v) is 1.93. The van der Waals surface area contributed by atoms with Gasteiger partial charge in [-0.05, 0) is 37.1 Å². The van der Waals surface area contributed by atoms with Crippen molar-refractivity contribution in [3.63, 3.8) is 0 Å². The Balaban J connectivity index is 2.41. The molecule has 16 heavy (non-hydrogen) atoms. The van der Waals surface area contributed by atoms with Crippen molar-refractivity contribution in [2.45, 2.75) is 19.9 Å². The first-order valence-electron chi connectivity index (χ1n) is 5.29. The van der Waals surface area contributed by atoms with Crippen molar-refractivity contribution in [2.24, 2.45) is 5.84 Å². The quantitative estimate of drug-likeness (QED) is 0.612. The van der Waals surface area contributed by atoms with Crippen molar-refractivity contribution in [2.75, 3.05) is 0 Å². The van der Waals surface area contributed by atoms with E-state index in [2.05, 4.69) is 37.5 Å². The Morgan fingerprint density at radius 3 is 2.62 bits per heavy atom. The van der Waals surface area contributed by atoms with Crippen LogP contribution in [-0.4, -0.2) is 0 Å². The zero-order chi connectivity index (χ0) is 11.5. The first-order chi connectivity index (χ1) is 7.72. The Morgan fingerprint density at radius 2 is 2.06 bits per heavy atom. The molecule has 0 radical (unpaired) electrons. The number of hydrogen-bond donors (Lipinski definition) is 2. The van der Waals surface area contributed by atoms with Crippen molar-refractivity contribution in [3.05, 3.63) is 59.0 Å². The lowest BCUT2D eigenvalue weighted by Crippen LogP contribution is -2.29. The second kappa shape index (κ2) is 4.51. The van der Waals surface area contributed by atoms with Crippen LogP contribution in [0, 0.1) is 13.8 Å². The SMILES string of the molecule is Cc1ccc(C(NN)c2ccco2)c(C)c1. The van der Waals surface area contributed by atoms with E-state index >= 15 is 0 Å². The molecule has 1 atom stereocenters. The third-order valence-electron chi connectivity index (χ3n) is 2.73. The lowest BCUT2D eigenvalue weighted by atomic mass is 9.98. The molecule has 2 aromatic rings. The number of furan rings is 1. The fraction of sp³-hybridized carbons (Fsp3) is 0.231. The summed E-state index contributed by atoms with van der Waals surface area (Å²) < 4.78 is 5.38. The van der Waals surface area contributed by atoms with Gasteiger partial charge in [-0.25, -0.2) is 5.43 Å². The Hall–Kier alpha value is -1.58. The van der Waals surface area contributed by atoms with Gasteiger partial charge in [-0.2, -0.15) is 0 Å². The monoisotopic (exact) mass is 216 g/mol. The van der Waals surface area contributed by atoms with Crippen LogP contribution in [0.25, 0.3) is 0 Å². The van der Waals surface area contributed by atoms with Crippen LogP contribution in [0.1, 0.15) is 28.5 Å². The van der Waals surface area contributed by atoms with E-state index in [1.165, 1.54) is 11.1 Å². The molecule has 3 heteroatoms. The van der Waals surface area contributed by atoms with Crippen molar-refractivity contribution in [1.82, 2.24) is 5.43 Å². The van der Waals surface area contributed by atoms with E-state index in [9.17, 15) is 0 Å². The van der Waals surface area contributed by atoms with Gasteiger partial charge >= 0.3 is 0 Å². The number of nitrogens with one attached hydrogen (secondary N) is 1. The Labute approximate surface area is 95.2 Å². The van der Waals surface area contributed by atoms with Gasteiger partial charge in [-0.3, -0.25) is 5.84 Å². The van der Waals surface area contributed by atoms with Crippen LogP contribution in [0.3, 0.4) is 0 Å². The van der Waals surface area contributed by atoms with Gasteiger partial charge in [-0.15, -0.1) is 0 Å². The topological polar surface area (TPSA) is 51.2 Å². The molecule has 1 heterocycles. The molecule has 0 amide bonds. The van der Waals surface area contributed by atoms with Gasteiger partial charge in [-0.1, -0.05) is 23.8 Å². The molecule has 3 nitrogen and oxygen atoms in total. The van der Waals surface area contributed by atoms with Crippen LogP contribution in [0.15, 0.2) is 41.0 Å². The highest BCUT2D eigenvalue weighted by Gasteiger charge is 2.16. The van der Waals surface area contributed by atoms with E-state index in [0.717, 1.165) is 11.3 Å². The van der Waals surface area contributed by atoms with Gasteiger partial charge in [0.2, 0.25) is 0 Å². The molecular weight excluding hydrogens is 200 g/mol. The predicted molar refractivity (Wildman–Crippen MR) is 63.8 cm³/mol. The second-order valence-electron chi connectivity index (χ2n) is 3.98. The van der Waals surface area contributed by atoms with Gasteiger partial charge < -0.3 is 4.42 Å². The Morgan fingerprint density at radius 1 is 1.25 bits per heavy atom. The van der Waals surface area contributed by atoms with Crippen LogP contribution in [-0.2, 0) is 0 Å². The smallest absolute Gasteiger partial charge is 0.126 e. The van der Waals surface area contributed by atoms with Crippen LogP contribution in [0.4, 0.5) is 0 Å². The van der Waals surface area contributed by atoms with Gasteiger partial charge in [0.25, 0.3) is 0 Å². The van der Waals surface area contributed by atoms with Crippen molar-refractivity contribution in [3.8, 4) is 0 Å². The van der Waals surface area contributed by atoms with Crippen molar-refractivity contribution < 1.29 is 4.42 Å². The van der Waals surface area contributed by atoms with Crippen LogP contribution < -0.4 is 11.3 Å². The van der Waals surface area contributed by atoms with E-state index in [0.29, 0.717) is 0 Å². The maximum atomic E-state index is 5.59. The minimum atomic E-state index is -0.0874. The van der Waals surface area contributed by atoms with E-state index in [-0.39, 0.29) is 6.04 Å². The molecule has 1 aromatic carbocycles. The largest absolute Gasteiger partial charge is 0.467 e. The number of hydrazine groups is 1. The number of nitrogens with two attached hydrogens (primary N) is 1. The van der Waals surface area contributed by atoms with E-state index < -0.39 is 0 Å². The number of aryl methyl sites for hydroxylation is 2. The molecule has 1 aromatic heterocycles. The molecule has 0 spiro atoms. The standard InChI is InChI=1S/C13H16N2O/c1-9-5-6-11(10(2)8-9)13(15-14)12-4-3-7-16-12/h3-8,13,15H,14H2,1-2H3. The fourth-order valence-electron chi connectivity index (χ4n) is 1.93. The predicted octanol–water partition coefficient (Wildman–Crippen LogP) is 2.45. The molecule has 84 valence electrons. The molecule has 3 N–H and O–H groups in total. The number of hydrogen-bond acceptors (Lipinski definition) is 3.